The average molecular weight is 277 g/mol. The smallest absolute Gasteiger partial charge is 0.356 e. The minimum Gasteiger partial charge on any atom is -0.476 e. The molecule has 7 N–H and O–H groups in total. The van der Waals surface area contributed by atoms with Crippen LogP contribution in [0.4, 0.5) is 10.8 Å². The standard InChI is InChI=1S/C11H11N5O2S/c12-6-3-1-2-5(4-6)8-7(9(17)18)15-11(19-8)16-10(13)14/h1-4H,12H2,(H,17,18)(H4,13,14,15,16). The predicted molar refractivity (Wildman–Crippen MR) is 74.4 cm³/mol. The molecular weight excluding hydrogens is 266 g/mol. The van der Waals surface area contributed by atoms with Crippen LogP contribution in [0.15, 0.2) is 29.3 Å². The average Bonchev–Trinajstić information content (AvgIpc) is 2.72. The van der Waals surface area contributed by atoms with Crippen LogP contribution >= 0.6 is 11.3 Å². The normalized spacial score (nSPS) is 10.1. The number of benzene rings is 1. The van der Waals surface area contributed by atoms with Crippen LogP contribution in [-0.4, -0.2) is 22.0 Å². The van der Waals surface area contributed by atoms with Gasteiger partial charge in [-0.1, -0.05) is 23.5 Å². The van der Waals surface area contributed by atoms with Crippen LogP contribution in [0.1, 0.15) is 10.5 Å². The van der Waals surface area contributed by atoms with Crippen molar-refractivity contribution >= 4 is 34.1 Å². The van der Waals surface area contributed by atoms with E-state index in [9.17, 15) is 4.79 Å². The number of nitrogens with zero attached hydrogens (tertiary/aromatic N) is 2. The molecule has 19 heavy (non-hydrogen) atoms. The molecule has 0 aliphatic heterocycles. The highest BCUT2D eigenvalue weighted by molar-refractivity contribution is 7.19. The maximum absolute atomic E-state index is 11.2. The third-order valence-electron chi connectivity index (χ3n) is 2.19. The number of thiazole rings is 1. The summed E-state index contributed by atoms with van der Waals surface area (Å²) in [4.78, 5) is 19.3. The molecule has 0 amide bonds. The third kappa shape index (κ3) is 2.80. The van der Waals surface area contributed by atoms with Crippen molar-refractivity contribution in [3.05, 3.63) is 30.0 Å². The van der Waals surface area contributed by atoms with E-state index >= 15 is 0 Å². The van der Waals surface area contributed by atoms with Crippen LogP contribution in [0.2, 0.25) is 0 Å². The highest BCUT2D eigenvalue weighted by atomic mass is 32.1. The Balaban J connectivity index is 2.58. The topological polar surface area (TPSA) is 141 Å². The molecule has 2 aromatic rings. The Hall–Kier alpha value is -2.61. The lowest BCUT2D eigenvalue weighted by molar-refractivity contribution is 0.0692. The molecule has 0 fully saturated rings. The minimum atomic E-state index is -1.15. The Morgan fingerprint density at radius 1 is 1.37 bits per heavy atom. The fourth-order valence-electron chi connectivity index (χ4n) is 1.49. The summed E-state index contributed by atoms with van der Waals surface area (Å²) in [5, 5.41) is 9.34. The number of hydrogen-bond donors (Lipinski definition) is 4. The number of nitrogen functional groups attached to an aromatic ring is 1. The van der Waals surface area contributed by atoms with Crippen LogP contribution in [0.25, 0.3) is 10.4 Å². The molecule has 1 heterocycles. The van der Waals surface area contributed by atoms with Gasteiger partial charge < -0.3 is 22.3 Å². The predicted octanol–water partition coefficient (Wildman–Crippen LogP) is 0.995. The van der Waals surface area contributed by atoms with Crippen molar-refractivity contribution in [2.45, 2.75) is 0 Å². The van der Waals surface area contributed by atoms with E-state index in [2.05, 4.69) is 9.98 Å². The SMILES string of the molecule is NC(N)=Nc1nc(C(=O)O)c(-c2cccc(N)c2)s1. The maximum Gasteiger partial charge on any atom is 0.356 e. The van der Waals surface area contributed by atoms with E-state index in [1.54, 1.807) is 24.3 Å². The zero-order valence-corrected chi connectivity index (χ0v) is 10.5. The number of rotatable bonds is 3. The molecule has 2 rings (SSSR count). The number of nitrogens with two attached hydrogens (primary N) is 3. The number of carboxylic acid groups (broad SMARTS) is 1. The van der Waals surface area contributed by atoms with E-state index in [1.165, 1.54) is 0 Å². The molecule has 0 radical (unpaired) electrons. The van der Waals surface area contributed by atoms with Crippen molar-refractivity contribution in [3.8, 4) is 10.4 Å². The molecular formula is C11H11N5O2S. The summed E-state index contributed by atoms with van der Waals surface area (Å²) in [5.41, 5.74) is 17.3. The number of hydrogen-bond acceptors (Lipinski definition) is 5. The van der Waals surface area contributed by atoms with Gasteiger partial charge in [-0.25, -0.2) is 9.78 Å². The van der Waals surface area contributed by atoms with Gasteiger partial charge in [0, 0.05) is 5.69 Å². The summed E-state index contributed by atoms with van der Waals surface area (Å²) in [6.45, 7) is 0. The number of aromatic carboxylic acids is 1. The summed E-state index contributed by atoms with van der Waals surface area (Å²) < 4.78 is 0. The van der Waals surface area contributed by atoms with Crippen LogP contribution in [0.5, 0.6) is 0 Å². The molecule has 7 nitrogen and oxygen atoms in total. The molecule has 0 saturated carbocycles. The van der Waals surface area contributed by atoms with Gasteiger partial charge in [0.2, 0.25) is 5.13 Å². The first-order valence-electron chi connectivity index (χ1n) is 5.17. The van der Waals surface area contributed by atoms with Crippen LogP contribution in [0, 0.1) is 0 Å². The quantitative estimate of drug-likeness (QED) is 0.374. The van der Waals surface area contributed by atoms with Gasteiger partial charge in [0.05, 0.1) is 4.88 Å². The zero-order chi connectivity index (χ0) is 14.0. The monoisotopic (exact) mass is 277 g/mol. The molecule has 0 bridgehead atoms. The molecule has 0 aliphatic carbocycles. The highest BCUT2D eigenvalue weighted by Gasteiger charge is 2.18. The first-order chi connectivity index (χ1) is 8.97. The van der Waals surface area contributed by atoms with Gasteiger partial charge in [-0.3, -0.25) is 0 Å². The summed E-state index contributed by atoms with van der Waals surface area (Å²) in [5.74, 6) is -1.32. The van der Waals surface area contributed by atoms with Crippen molar-refractivity contribution < 1.29 is 9.90 Å². The lowest BCUT2D eigenvalue weighted by Gasteiger charge is -1.99. The summed E-state index contributed by atoms with van der Waals surface area (Å²) in [7, 11) is 0. The van der Waals surface area contributed by atoms with E-state index in [0.717, 1.165) is 11.3 Å². The van der Waals surface area contributed by atoms with Gasteiger partial charge in [0.25, 0.3) is 0 Å². The Kier molecular flexibility index (Phi) is 3.34. The maximum atomic E-state index is 11.2. The minimum absolute atomic E-state index is 0.101. The lowest BCUT2D eigenvalue weighted by atomic mass is 10.1. The second-order valence-corrected chi connectivity index (χ2v) is 4.62. The Bertz CT molecular complexity index is 661. The molecule has 0 saturated heterocycles. The number of carboxylic acids is 1. The molecule has 0 spiro atoms. The number of aliphatic imine (C=N–C) groups is 1. The third-order valence-corrected chi connectivity index (χ3v) is 3.19. The molecule has 98 valence electrons. The van der Waals surface area contributed by atoms with Crippen molar-refractivity contribution in [2.24, 2.45) is 16.5 Å². The first kappa shape index (κ1) is 12.8. The van der Waals surface area contributed by atoms with Gasteiger partial charge in [0.1, 0.15) is 0 Å². The molecule has 8 heteroatoms. The number of guanidine groups is 1. The molecule has 1 aromatic carbocycles. The van der Waals surface area contributed by atoms with Crippen LogP contribution in [-0.2, 0) is 0 Å². The van der Waals surface area contributed by atoms with E-state index in [1.807, 2.05) is 0 Å². The van der Waals surface area contributed by atoms with Gasteiger partial charge in [-0.05, 0) is 17.7 Å². The Labute approximate surface area is 112 Å². The van der Waals surface area contributed by atoms with Gasteiger partial charge >= 0.3 is 5.97 Å². The van der Waals surface area contributed by atoms with Crippen molar-refractivity contribution in [1.29, 1.82) is 0 Å². The van der Waals surface area contributed by atoms with Gasteiger partial charge in [-0.15, -0.1) is 0 Å². The highest BCUT2D eigenvalue weighted by Crippen LogP contribution is 2.35. The van der Waals surface area contributed by atoms with Gasteiger partial charge in [0.15, 0.2) is 11.7 Å². The lowest BCUT2D eigenvalue weighted by Crippen LogP contribution is -2.21. The summed E-state index contributed by atoms with van der Waals surface area (Å²) in [6.07, 6.45) is 0. The van der Waals surface area contributed by atoms with E-state index in [0.29, 0.717) is 16.1 Å². The molecule has 0 aliphatic rings. The zero-order valence-electron chi connectivity index (χ0n) is 9.70. The summed E-state index contributed by atoms with van der Waals surface area (Å²) >= 11 is 1.08. The van der Waals surface area contributed by atoms with E-state index in [-0.39, 0.29) is 16.8 Å². The summed E-state index contributed by atoms with van der Waals surface area (Å²) in [6, 6.07) is 6.85. The van der Waals surface area contributed by atoms with Crippen molar-refractivity contribution in [3.63, 3.8) is 0 Å². The van der Waals surface area contributed by atoms with Crippen LogP contribution in [0.3, 0.4) is 0 Å². The largest absolute Gasteiger partial charge is 0.476 e. The molecule has 0 unspecified atom stereocenters. The van der Waals surface area contributed by atoms with E-state index in [4.69, 9.17) is 22.3 Å². The second-order valence-electron chi connectivity index (χ2n) is 3.64. The molecule has 1 aromatic heterocycles. The number of aromatic nitrogens is 1. The van der Waals surface area contributed by atoms with Crippen molar-refractivity contribution in [1.82, 2.24) is 4.98 Å². The van der Waals surface area contributed by atoms with Crippen molar-refractivity contribution in [2.75, 3.05) is 5.73 Å². The fourth-order valence-corrected chi connectivity index (χ4v) is 2.43. The number of carbonyl (C=O) groups is 1. The van der Waals surface area contributed by atoms with Gasteiger partial charge in [-0.2, -0.15) is 4.99 Å². The Morgan fingerprint density at radius 2 is 2.11 bits per heavy atom. The Morgan fingerprint density at radius 3 is 2.68 bits per heavy atom. The first-order valence-corrected chi connectivity index (χ1v) is 5.98. The number of anilines is 1. The second kappa shape index (κ2) is 4.94. The molecule has 0 atom stereocenters. The van der Waals surface area contributed by atoms with Crippen LogP contribution < -0.4 is 17.2 Å². The van der Waals surface area contributed by atoms with E-state index < -0.39 is 5.97 Å². The fraction of sp³-hybridized carbons (Fsp3) is 0.